The molecule has 5 heteroatoms. The van der Waals surface area contributed by atoms with Gasteiger partial charge in [-0.05, 0) is 51.9 Å². The molecule has 3 heterocycles. The number of aryl methyl sites for hydroxylation is 2. The molecule has 0 bridgehead atoms. The van der Waals surface area contributed by atoms with Gasteiger partial charge in [0.15, 0.2) is 0 Å². The summed E-state index contributed by atoms with van der Waals surface area (Å²) in [6, 6.07) is 40.3. The molecule has 7 aromatic rings. The van der Waals surface area contributed by atoms with E-state index < -0.39 is 19.2 Å². The van der Waals surface area contributed by atoms with Gasteiger partial charge < -0.3 is 4.98 Å². The summed E-state index contributed by atoms with van der Waals surface area (Å²) in [5.41, 5.74) is 10.1. The van der Waals surface area contributed by atoms with Crippen molar-refractivity contribution in [1.82, 2.24) is 9.97 Å². The van der Waals surface area contributed by atoms with Crippen LogP contribution in [0.1, 0.15) is 37.8 Å². The normalized spacial score (nSPS) is 11.9. The minimum atomic E-state index is -1.77. The van der Waals surface area contributed by atoms with Gasteiger partial charge in [0.05, 0.1) is 0 Å². The maximum atomic E-state index is 8.37. The molecule has 0 aliphatic rings. The number of fused-ring (bicyclic) bond motifs is 3. The van der Waals surface area contributed by atoms with Crippen LogP contribution in [0.4, 0.5) is 0 Å². The second-order valence-electron chi connectivity index (χ2n) is 13.1. The Kier molecular flexibility index (Phi) is 10.5. The summed E-state index contributed by atoms with van der Waals surface area (Å²) in [5, 5.41) is 2.50. The first-order valence-corrected chi connectivity index (χ1v) is 23.9. The quantitative estimate of drug-likeness (QED) is 0.127. The summed E-state index contributed by atoms with van der Waals surface area (Å²) in [7, 11) is 0. The molecule has 0 aliphatic carbocycles. The zero-order chi connectivity index (χ0) is 33.3. The summed E-state index contributed by atoms with van der Waals surface area (Å²) in [6.07, 6.45) is 3.88. The topological polar surface area (TPSA) is 25.8 Å². The first-order chi connectivity index (χ1) is 22.4. The molecule has 0 aliphatic heterocycles. The molecule has 2 nitrogen and oxygen atoms in total. The molecule has 0 atom stereocenters. The minimum Gasteiger partial charge on any atom is -0.305 e. The molecule has 4 aromatic carbocycles. The predicted octanol–water partition coefficient (Wildman–Crippen LogP) is 11.4. The summed E-state index contributed by atoms with van der Waals surface area (Å²) < 4.78 is 12.3. The van der Waals surface area contributed by atoms with Gasteiger partial charge in [0.2, 0.25) is 0 Å². The molecule has 3 aromatic heterocycles. The van der Waals surface area contributed by atoms with Gasteiger partial charge >= 0.3 is 106 Å². The predicted molar refractivity (Wildman–Crippen MR) is 202 cm³/mol. The standard InChI is InChI=1S/C27H22NS.C15H18GeN.Ir/c1-17(2)19-12-13-28-25(15-19)24-9-5-8-23-22-11-10-21(16-26(22)29-27(23)24)20-7-4-6-18(3)14-20;1-12-10-15(13-8-6-5-7-9-13)17-11-14(12)16(2,3)4;/h4-8,10-17H,1-3H3;5-8,10-11H,1-4H3;/q2*-1;/i17D;;. The maximum Gasteiger partial charge on any atom is 0.0346 e. The monoisotopic (exact) mass is 872 g/mol. The molecule has 0 saturated heterocycles. The summed E-state index contributed by atoms with van der Waals surface area (Å²) in [6.45, 7) is 8.13. The maximum absolute atomic E-state index is 8.37. The molecular weight excluding hydrogens is 829 g/mol. The zero-order valence-corrected chi connectivity index (χ0v) is 33.3. The Morgan fingerprint density at radius 2 is 1.57 bits per heavy atom. The van der Waals surface area contributed by atoms with E-state index in [0.29, 0.717) is 0 Å². The van der Waals surface area contributed by atoms with Gasteiger partial charge in [-0.25, -0.2) is 0 Å². The van der Waals surface area contributed by atoms with Crippen LogP contribution in [0.2, 0.25) is 17.3 Å². The second kappa shape index (κ2) is 14.8. The third-order valence-corrected chi connectivity index (χ3v) is 14.0. The number of nitrogens with zero attached hydrogens (tertiary/aromatic N) is 2. The van der Waals surface area contributed by atoms with E-state index in [0.717, 1.165) is 28.1 Å². The van der Waals surface area contributed by atoms with Crippen LogP contribution in [0.25, 0.3) is 53.8 Å². The average molecular weight is 871 g/mol. The molecule has 0 amide bonds. The molecule has 0 N–H and O–H groups in total. The van der Waals surface area contributed by atoms with Crippen LogP contribution in [0.3, 0.4) is 0 Å². The van der Waals surface area contributed by atoms with E-state index in [-0.39, 0.29) is 20.1 Å². The third kappa shape index (κ3) is 7.84. The number of pyridine rings is 2. The fraction of sp³-hybridized carbons (Fsp3) is 0.190. The van der Waals surface area contributed by atoms with Gasteiger partial charge in [-0.2, -0.15) is 11.3 Å². The Balaban J connectivity index is 0.000000214. The zero-order valence-electron chi connectivity index (χ0n) is 29.0. The SMILES string of the molecule is Cc1cc(-c2[c-]cccc2)nc[c]1[Ge]([CH3])([CH3])[CH3].[2H]C(C)(C)c1ccnc(-c2[c-]ccc3c2sc2cc(-c4cccc(C)c4)ccc23)c1.[Ir]. The van der Waals surface area contributed by atoms with E-state index in [1.54, 1.807) is 17.5 Å². The molecule has 0 saturated carbocycles. The van der Waals surface area contributed by atoms with Crippen LogP contribution in [0.5, 0.6) is 0 Å². The van der Waals surface area contributed by atoms with E-state index >= 15 is 0 Å². The van der Waals surface area contributed by atoms with Crippen molar-refractivity contribution in [1.29, 1.82) is 0 Å². The van der Waals surface area contributed by atoms with Crippen LogP contribution in [0, 0.1) is 26.0 Å². The first-order valence-electron chi connectivity index (χ1n) is 16.2. The smallest absolute Gasteiger partial charge is 0.0346 e. The number of aromatic nitrogens is 2. The van der Waals surface area contributed by atoms with Crippen LogP contribution in [-0.4, -0.2) is 23.2 Å². The minimum absolute atomic E-state index is 0. The molecule has 239 valence electrons. The van der Waals surface area contributed by atoms with Crippen LogP contribution < -0.4 is 4.40 Å². The Labute approximate surface area is 301 Å². The van der Waals surface area contributed by atoms with E-state index in [4.69, 9.17) is 1.37 Å². The summed E-state index contributed by atoms with van der Waals surface area (Å²) >= 11 is 0.0188. The molecule has 0 unspecified atom stereocenters. The van der Waals surface area contributed by atoms with Crippen molar-refractivity contribution in [3.05, 3.63) is 138 Å². The largest absolute Gasteiger partial charge is 0.305 e. The molecule has 0 spiro atoms. The fourth-order valence-electron chi connectivity index (χ4n) is 5.86. The van der Waals surface area contributed by atoms with E-state index in [1.165, 1.54) is 46.8 Å². The average Bonchev–Trinajstić information content (AvgIpc) is 3.43. The Hall–Kier alpha value is -3.41. The Bertz CT molecular complexity index is 2200. The van der Waals surface area contributed by atoms with Crippen molar-refractivity contribution < 1.29 is 21.5 Å². The van der Waals surface area contributed by atoms with Gasteiger partial charge in [-0.15, -0.1) is 23.8 Å². The van der Waals surface area contributed by atoms with Gasteiger partial charge in [0, 0.05) is 32.4 Å². The van der Waals surface area contributed by atoms with Crippen LogP contribution in [-0.2, 0) is 20.1 Å². The van der Waals surface area contributed by atoms with Crippen molar-refractivity contribution in [2.24, 2.45) is 0 Å². The van der Waals surface area contributed by atoms with Crippen LogP contribution >= 0.6 is 11.3 Å². The molecule has 0 fully saturated rings. The molecule has 47 heavy (non-hydrogen) atoms. The van der Waals surface area contributed by atoms with E-state index in [9.17, 15) is 0 Å². The number of thiophene rings is 1. The first kappa shape index (κ1) is 33.5. The molecule has 1 radical (unpaired) electrons. The molecule has 7 rings (SSSR count). The van der Waals surface area contributed by atoms with Gasteiger partial charge in [-0.3, -0.25) is 0 Å². The van der Waals surface area contributed by atoms with E-state index in [2.05, 4.69) is 120 Å². The Morgan fingerprint density at radius 3 is 2.28 bits per heavy atom. The van der Waals surface area contributed by atoms with Gasteiger partial charge in [0.25, 0.3) is 0 Å². The number of hydrogen-bond acceptors (Lipinski definition) is 3. The van der Waals surface area contributed by atoms with E-state index in [1.807, 2.05) is 50.2 Å². The molecular formula is C42H40GeIrN2S-2. The number of hydrogen-bond donors (Lipinski definition) is 0. The van der Waals surface area contributed by atoms with Gasteiger partial charge in [-0.1, -0.05) is 72.8 Å². The van der Waals surface area contributed by atoms with Crippen molar-refractivity contribution in [2.75, 3.05) is 0 Å². The fourth-order valence-corrected chi connectivity index (χ4v) is 10.7. The number of rotatable bonds is 5. The summed E-state index contributed by atoms with van der Waals surface area (Å²) in [4.78, 5) is 9.20. The van der Waals surface area contributed by atoms with Crippen molar-refractivity contribution in [2.45, 2.75) is 50.9 Å². The Morgan fingerprint density at radius 1 is 0.766 bits per heavy atom. The van der Waals surface area contributed by atoms with Crippen LogP contribution in [0.15, 0.2) is 109 Å². The number of benzene rings is 4. The van der Waals surface area contributed by atoms with Crippen molar-refractivity contribution >= 4 is 49.2 Å². The van der Waals surface area contributed by atoms with Crippen molar-refractivity contribution in [3.8, 4) is 33.6 Å². The third-order valence-electron chi connectivity index (χ3n) is 8.28. The van der Waals surface area contributed by atoms with Crippen molar-refractivity contribution in [3.63, 3.8) is 0 Å². The summed E-state index contributed by atoms with van der Waals surface area (Å²) in [5.74, 6) is 6.55. The van der Waals surface area contributed by atoms with Gasteiger partial charge in [0.1, 0.15) is 0 Å². The second-order valence-corrected chi connectivity index (χ2v) is 24.7.